The molecule has 0 spiro atoms. The van der Waals surface area contributed by atoms with Crippen LogP contribution in [0.15, 0.2) is 23.2 Å². The summed E-state index contributed by atoms with van der Waals surface area (Å²) in [7, 11) is 3.23. The largest absolute Gasteiger partial charge is 0.461 e. The molecule has 0 atom stereocenters. The fourth-order valence-corrected chi connectivity index (χ4v) is 1.67. The second-order valence-electron chi connectivity index (χ2n) is 2.50. The lowest BCUT2D eigenvalue weighted by molar-refractivity contribution is -0.711. The molecule has 0 aliphatic rings. The molecule has 0 amide bonds. The van der Waals surface area contributed by atoms with Crippen LogP contribution in [0.1, 0.15) is 10.5 Å². The van der Waals surface area contributed by atoms with Crippen molar-refractivity contribution in [3.05, 3.63) is 23.9 Å². The predicted molar refractivity (Wildman–Crippen MR) is 50.7 cm³/mol. The number of rotatable bonds is 2. The molecule has 1 heterocycles. The predicted octanol–water partition coefficient (Wildman–Crippen LogP) is 1.02. The van der Waals surface area contributed by atoms with Crippen molar-refractivity contribution in [2.75, 3.05) is 13.4 Å². The summed E-state index contributed by atoms with van der Waals surface area (Å²) in [6, 6.07) is 5.54. The summed E-state index contributed by atoms with van der Waals surface area (Å²) < 4.78 is 6.46. The molecule has 4 heteroatoms. The minimum atomic E-state index is -0.307. The molecule has 3 nitrogen and oxygen atoms in total. The summed E-state index contributed by atoms with van der Waals surface area (Å²) in [5.41, 5.74) is 0.564. The first-order valence-electron chi connectivity index (χ1n) is 3.82. The Morgan fingerprint density at radius 3 is 2.77 bits per heavy atom. The van der Waals surface area contributed by atoms with Crippen LogP contribution in [0.4, 0.5) is 0 Å². The summed E-state index contributed by atoms with van der Waals surface area (Å²) >= 11 is 1.59. The van der Waals surface area contributed by atoms with E-state index in [1.807, 2.05) is 30.0 Å². The van der Waals surface area contributed by atoms with Gasteiger partial charge in [-0.3, -0.25) is 0 Å². The smallest absolute Gasteiger partial charge is 0.403 e. The SMILES string of the molecule is COC(=O)c1cccc(SC)[n+]1C. The van der Waals surface area contributed by atoms with E-state index in [9.17, 15) is 4.79 Å². The highest BCUT2D eigenvalue weighted by molar-refractivity contribution is 7.98. The highest BCUT2D eigenvalue weighted by Gasteiger charge is 2.19. The normalized spacial score (nSPS) is 9.77. The second kappa shape index (κ2) is 4.28. The molecule has 0 aliphatic carbocycles. The summed E-state index contributed by atoms with van der Waals surface area (Å²) in [5, 5.41) is 1.03. The molecule has 1 rings (SSSR count). The molecule has 70 valence electrons. The third-order valence-electron chi connectivity index (χ3n) is 1.79. The van der Waals surface area contributed by atoms with Crippen molar-refractivity contribution in [3.63, 3.8) is 0 Å². The van der Waals surface area contributed by atoms with Crippen molar-refractivity contribution >= 4 is 17.7 Å². The summed E-state index contributed by atoms with van der Waals surface area (Å²) in [4.78, 5) is 11.3. The molecule has 0 aliphatic heterocycles. The van der Waals surface area contributed by atoms with Crippen molar-refractivity contribution in [2.45, 2.75) is 5.03 Å². The molecule has 0 radical (unpaired) electrons. The molecular formula is C9H12NO2S+. The molecule has 0 saturated carbocycles. The molecule has 0 unspecified atom stereocenters. The maximum absolute atomic E-state index is 11.3. The lowest BCUT2D eigenvalue weighted by Crippen LogP contribution is -2.38. The van der Waals surface area contributed by atoms with Gasteiger partial charge in [-0.15, -0.1) is 0 Å². The number of hydrogen-bond donors (Lipinski definition) is 0. The van der Waals surface area contributed by atoms with E-state index in [2.05, 4.69) is 4.74 Å². The minimum Gasteiger partial charge on any atom is -0.461 e. The molecule has 1 aromatic heterocycles. The van der Waals surface area contributed by atoms with Crippen LogP contribution in [0.5, 0.6) is 0 Å². The number of pyridine rings is 1. The average molecular weight is 198 g/mol. The Morgan fingerprint density at radius 2 is 2.23 bits per heavy atom. The Labute approximate surface area is 81.7 Å². The summed E-state index contributed by atoms with van der Waals surface area (Å²) in [6.45, 7) is 0. The van der Waals surface area contributed by atoms with Crippen LogP contribution in [0.25, 0.3) is 0 Å². The molecule has 0 bridgehead atoms. The molecule has 0 N–H and O–H groups in total. The lowest BCUT2D eigenvalue weighted by atomic mass is 10.3. The number of nitrogens with zero attached hydrogens (tertiary/aromatic N) is 1. The van der Waals surface area contributed by atoms with Crippen molar-refractivity contribution in [1.29, 1.82) is 0 Å². The van der Waals surface area contributed by atoms with Gasteiger partial charge in [-0.05, 0) is 12.3 Å². The standard InChI is InChI=1S/C9H12NO2S/c1-10-7(9(11)12-2)5-4-6-8(10)13-3/h4-6H,1-3H3/q+1. The van der Waals surface area contributed by atoms with Crippen LogP contribution in [0.3, 0.4) is 0 Å². The fourth-order valence-electron chi connectivity index (χ4n) is 1.08. The van der Waals surface area contributed by atoms with Crippen LogP contribution in [0.2, 0.25) is 0 Å². The third kappa shape index (κ3) is 2.01. The van der Waals surface area contributed by atoms with Gasteiger partial charge in [0.05, 0.1) is 7.11 Å². The number of aromatic nitrogens is 1. The Morgan fingerprint density at radius 1 is 1.54 bits per heavy atom. The van der Waals surface area contributed by atoms with Gasteiger partial charge in [0, 0.05) is 12.1 Å². The second-order valence-corrected chi connectivity index (χ2v) is 3.33. The Bertz CT molecular complexity index is 325. The third-order valence-corrected chi connectivity index (χ3v) is 2.62. The number of carbonyl (C=O) groups is 1. The lowest BCUT2D eigenvalue weighted by Gasteiger charge is -2.00. The molecule has 0 fully saturated rings. The van der Waals surface area contributed by atoms with Gasteiger partial charge >= 0.3 is 5.97 Å². The first kappa shape index (κ1) is 10.1. The van der Waals surface area contributed by atoms with Gasteiger partial charge in [0.2, 0.25) is 5.03 Å². The Hall–Kier alpha value is -1.03. The fraction of sp³-hybridized carbons (Fsp3) is 0.333. The van der Waals surface area contributed by atoms with E-state index in [1.54, 1.807) is 17.8 Å². The maximum atomic E-state index is 11.3. The van der Waals surface area contributed by atoms with Crippen molar-refractivity contribution in [2.24, 2.45) is 7.05 Å². The van der Waals surface area contributed by atoms with Crippen LogP contribution < -0.4 is 4.57 Å². The van der Waals surface area contributed by atoms with E-state index >= 15 is 0 Å². The zero-order chi connectivity index (χ0) is 9.84. The molecular weight excluding hydrogens is 186 g/mol. The van der Waals surface area contributed by atoms with Gasteiger partial charge in [-0.25, -0.2) is 4.79 Å². The van der Waals surface area contributed by atoms with Crippen molar-refractivity contribution < 1.29 is 14.1 Å². The van der Waals surface area contributed by atoms with E-state index < -0.39 is 0 Å². The Balaban J connectivity index is 3.15. The van der Waals surface area contributed by atoms with Gasteiger partial charge in [-0.2, -0.15) is 4.57 Å². The topological polar surface area (TPSA) is 30.2 Å². The molecule has 1 aromatic rings. The van der Waals surface area contributed by atoms with Crippen molar-refractivity contribution in [1.82, 2.24) is 0 Å². The first-order chi connectivity index (χ1) is 6.20. The van der Waals surface area contributed by atoms with Gasteiger partial charge in [0.15, 0.2) is 0 Å². The van der Waals surface area contributed by atoms with E-state index in [4.69, 9.17) is 0 Å². The summed E-state index contributed by atoms with van der Waals surface area (Å²) in [5.74, 6) is -0.307. The van der Waals surface area contributed by atoms with Crippen LogP contribution in [-0.2, 0) is 11.8 Å². The molecule has 0 aromatic carbocycles. The Kier molecular flexibility index (Phi) is 3.31. The quantitative estimate of drug-likeness (QED) is 0.404. The number of hydrogen-bond acceptors (Lipinski definition) is 3. The number of ether oxygens (including phenoxy) is 1. The van der Waals surface area contributed by atoms with Gasteiger partial charge < -0.3 is 4.74 Å². The zero-order valence-electron chi connectivity index (χ0n) is 7.90. The molecule has 0 saturated heterocycles. The van der Waals surface area contributed by atoms with E-state index in [0.717, 1.165) is 5.03 Å². The van der Waals surface area contributed by atoms with Crippen LogP contribution in [0, 0.1) is 0 Å². The molecule has 13 heavy (non-hydrogen) atoms. The van der Waals surface area contributed by atoms with Gasteiger partial charge in [0.25, 0.3) is 5.69 Å². The van der Waals surface area contributed by atoms with Gasteiger partial charge in [0.1, 0.15) is 7.05 Å². The minimum absolute atomic E-state index is 0.307. The summed E-state index contributed by atoms with van der Waals surface area (Å²) in [6.07, 6.45) is 1.97. The van der Waals surface area contributed by atoms with Crippen molar-refractivity contribution in [3.8, 4) is 0 Å². The van der Waals surface area contributed by atoms with E-state index in [-0.39, 0.29) is 5.97 Å². The van der Waals surface area contributed by atoms with Crippen LogP contribution >= 0.6 is 11.8 Å². The number of thioether (sulfide) groups is 1. The number of methoxy groups -OCH3 is 1. The zero-order valence-corrected chi connectivity index (χ0v) is 8.72. The van der Waals surface area contributed by atoms with E-state index in [1.165, 1.54) is 7.11 Å². The van der Waals surface area contributed by atoms with Crippen LogP contribution in [-0.4, -0.2) is 19.3 Å². The van der Waals surface area contributed by atoms with Gasteiger partial charge in [-0.1, -0.05) is 11.8 Å². The first-order valence-corrected chi connectivity index (χ1v) is 5.04. The number of carbonyl (C=O) groups excluding carboxylic acids is 1. The maximum Gasteiger partial charge on any atom is 0.403 e. The van der Waals surface area contributed by atoms with E-state index in [0.29, 0.717) is 5.69 Å². The highest BCUT2D eigenvalue weighted by Crippen LogP contribution is 2.09. The monoisotopic (exact) mass is 198 g/mol. The average Bonchev–Trinajstić information content (AvgIpc) is 2.17. The number of esters is 1. The highest BCUT2D eigenvalue weighted by atomic mass is 32.2.